The van der Waals surface area contributed by atoms with Gasteiger partial charge in [-0.05, 0) is 18.6 Å². The SMILES string of the molecule is Cc1cccn2c(=O)cc(COC(=O)C3=NNC(=O)CC3)nc12. The second-order valence-electron chi connectivity index (χ2n) is 5.14. The number of esters is 1. The zero-order valence-corrected chi connectivity index (χ0v) is 12.4. The van der Waals surface area contributed by atoms with E-state index in [2.05, 4.69) is 15.5 Å². The molecule has 2 aromatic rings. The molecule has 8 nitrogen and oxygen atoms in total. The van der Waals surface area contributed by atoms with Gasteiger partial charge in [-0.1, -0.05) is 6.07 Å². The highest BCUT2D eigenvalue weighted by molar-refractivity contribution is 6.37. The van der Waals surface area contributed by atoms with Gasteiger partial charge in [0.05, 0.1) is 5.69 Å². The Morgan fingerprint density at radius 3 is 2.96 bits per heavy atom. The van der Waals surface area contributed by atoms with E-state index in [0.29, 0.717) is 11.3 Å². The Morgan fingerprint density at radius 2 is 2.22 bits per heavy atom. The van der Waals surface area contributed by atoms with E-state index in [-0.39, 0.29) is 36.6 Å². The topological polar surface area (TPSA) is 102 Å². The molecule has 2 aromatic heterocycles. The minimum absolute atomic E-state index is 0.133. The molecule has 0 unspecified atom stereocenters. The minimum atomic E-state index is -0.628. The van der Waals surface area contributed by atoms with Crippen molar-refractivity contribution in [3.8, 4) is 0 Å². The van der Waals surface area contributed by atoms with Crippen LogP contribution >= 0.6 is 0 Å². The molecule has 0 spiro atoms. The van der Waals surface area contributed by atoms with E-state index >= 15 is 0 Å². The van der Waals surface area contributed by atoms with Crippen LogP contribution in [0.25, 0.3) is 5.65 Å². The standard InChI is InChI=1S/C15H14N4O4/c1-9-3-2-6-19-13(21)7-10(16-14(9)19)8-23-15(22)11-4-5-12(20)18-17-11/h2-3,6-7H,4-5,8H2,1H3,(H,18,20). The van der Waals surface area contributed by atoms with Gasteiger partial charge in [0.25, 0.3) is 5.56 Å². The number of amides is 1. The van der Waals surface area contributed by atoms with E-state index in [1.165, 1.54) is 10.5 Å². The number of aryl methyl sites for hydroxylation is 1. The first-order chi connectivity index (χ1) is 11.0. The van der Waals surface area contributed by atoms with Gasteiger partial charge < -0.3 is 4.74 Å². The summed E-state index contributed by atoms with van der Waals surface area (Å²) in [6.45, 7) is 1.71. The predicted octanol–water partition coefficient (Wildman–Crippen LogP) is 0.312. The zero-order chi connectivity index (χ0) is 16.4. The van der Waals surface area contributed by atoms with Crippen LogP contribution < -0.4 is 11.0 Å². The maximum Gasteiger partial charge on any atom is 0.354 e. The van der Waals surface area contributed by atoms with Crippen LogP contribution in [0.4, 0.5) is 0 Å². The number of carbonyl (C=O) groups excluding carboxylic acids is 2. The molecule has 0 atom stereocenters. The molecule has 0 aliphatic carbocycles. The first-order valence-electron chi connectivity index (χ1n) is 7.05. The van der Waals surface area contributed by atoms with Crippen LogP contribution in [0.15, 0.2) is 34.3 Å². The quantitative estimate of drug-likeness (QED) is 0.822. The molecule has 1 aliphatic rings. The van der Waals surface area contributed by atoms with E-state index in [9.17, 15) is 14.4 Å². The molecule has 0 radical (unpaired) electrons. The summed E-state index contributed by atoms with van der Waals surface area (Å²) in [5, 5.41) is 3.66. The number of pyridine rings is 1. The van der Waals surface area contributed by atoms with Crippen molar-refractivity contribution in [2.24, 2.45) is 5.10 Å². The van der Waals surface area contributed by atoms with E-state index in [4.69, 9.17) is 4.74 Å². The van der Waals surface area contributed by atoms with Crippen LogP contribution in [0.5, 0.6) is 0 Å². The number of aromatic nitrogens is 2. The summed E-state index contributed by atoms with van der Waals surface area (Å²) in [7, 11) is 0. The average molecular weight is 314 g/mol. The Labute approximate surface area is 130 Å². The zero-order valence-electron chi connectivity index (χ0n) is 12.4. The molecule has 0 saturated carbocycles. The number of hydrazone groups is 1. The first-order valence-corrected chi connectivity index (χ1v) is 7.05. The molecule has 1 amide bonds. The van der Waals surface area contributed by atoms with E-state index in [1.807, 2.05) is 13.0 Å². The van der Waals surface area contributed by atoms with Crippen molar-refractivity contribution >= 4 is 23.2 Å². The summed E-state index contributed by atoms with van der Waals surface area (Å²) in [5.74, 6) is -0.863. The number of rotatable bonds is 3. The monoisotopic (exact) mass is 314 g/mol. The van der Waals surface area contributed by atoms with Gasteiger partial charge in [-0.25, -0.2) is 15.2 Å². The lowest BCUT2D eigenvalue weighted by molar-refractivity contribution is -0.137. The molecule has 0 bridgehead atoms. The van der Waals surface area contributed by atoms with Crippen molar-refractivity contribution in [3.63, 3.8) is 0 Å². The molecule has 0 saturated heterocycles. The molecule has 0 fully saturated rings. The molecule has 3 rings (SSSR count). The lowest BCUT2D eigenvalue weighted by Gasteiger charge is -2.11. The van der Waals surface area contributed by atoms with Gasteiger partial charge in [0, 0.05) is 25.1 Å². The average Bonchev–Trinajstić information content (AvgIpc) is 2.54. The molecule has 8 heteroatoms. The second-order valence-corrected chi connectivity index (χ2v) is 5.14. The number of fused-ring (bicyclic) bond motifs is 1. The van der Waals surface area contributed by atoms with E-state index < -0.39 is 5.97 Å². The van der Waals surface area contributed by atoms with Gasteiger partial charge >= 0.3 is 5.97 Å². The minimum Gasteiger partial charge on any atom is -0.455 e. The Kier molecular flexibility index (Phi) is 3.88. The maximum atomic E-state index is 12.0. The molecule has 0 aromatic carbocycles. The third-order valence-electron chi connectivity index (χ3n) is 3.43. The molecule has 3 heterocycles. The van der Waals surface area contributed by atoms with Gasteiger partial charge in [-0.2, -0.15) is 5.10 Å². The Morgan fingerprint density at radius 1 is 1.39 bits per heavy atom. The van der Waals surface area contributed by atoms with Gasteiger partial charge in [-0.15, -0.1) is 0 Å². The number of nitrogens with zero attached hydrogens (tertiary/aromatic N) is 3. The van der Waals surface area contributed by atoms with Crippen LogP contribution in [0.3, 0.4) is 0 Å². The molecule has 1 aliphatic heterocycles. The number of carbonyl (C=O) groups is 2. The maximum absolute atomic E-state index is 12.0. The third-order valence-corrected chi connectivity index (χ3v) is 3.43. The molecular weight excluding hydrogens is 300 g/mol. The Bertz CT molecular complexity index is 885. The van der Waals surface area contributed by atoms with Crippen LogP contribution in [-0.2, 0) is 20.9 Å². The Balaban J connectivity index is 1.77. The Hall–Kier alpha value is -3.03. The van der Waals surface area contributed by atoms with Gasteiger partial charge in [0.2, 0.25) is 5.91 Å². The van der Waals surface area contributed by atoms with Crippen LogP contribution in [0.1, 0.15) is 24.1 Å². The van der Waals surface area contributed by atoms with Crippen molar-refractivity contribution in [1.82, 2.24) is 14.8 Å². The highest BCUT2D eigenvalue weighted by Crippen LogP contribution is 2.07. The van der Waals surface area contributed by atoms with Crippen molar-refractivity contribution in [2.75, 3.05) is 0 Å². The molecule has 1 N–H and O–H groups in total. The van der Waals surface area contributed by atoms with Crippen molar-refractivity contribution < 1.29 is 14.3 Å². The summed E-state index contributed by atoms with van der Waals surface area (Å²) in [4.78, 5) is 39.3. The van der Waals surface area contributed by atoms with Crippen LogP contribution in [-0.4, -0.2) is 27.0 Å². The molecule has 118 valence electrons. The van der Waals surface area contributed by atoms with E-state index in [0.717, 1.165) is 5.56 Å². The van der Waals surface area contributed by atoms with Gasteiger partial charge in [0.15, 0.2) is 0 Å². The van der Waals surface area contributed by atoms with Crippen molar-refractivity contribution in [3.05, 3.63) is 46.0 Å². The second kappa shape index (κ2) is 5.99. The fourth-order valence-corrected chi connectivity index (χ4v) is 2.23. The fourth-order valence-electron chi connectivity index (χ4n) is 2.23. The summed E-state index contributed by atoms with van der Waals surface area (Å²) < 4.78 is 6.55. The van der Waals surface area contributed by atoms with Crippen molar-refractivity contribution in [2.45, 2.75) is 26.4 Å². The molecular formula is C15H14N4O4. The normalized spacial score (nSPS) is 14.3. The van der Waals surface area contributed by atoms with Gasteiger partial charge in [0.1, 0.15) is 18.0 Å². The lowest BCUT2D eigenvalue weighted by Crippen LogP contribution is -2.30. The molecule has 23 heavy (non-hydrogen) atoms. The third kappa shape index (κ3) is 3.10. The predicted molar refractivity (Wildman–Crippen MR) is 80.8 cm³/mol. The lowest BCUT2D eigenvalue weighted by atomic mass is 10.2. The summed E-state index contributed by atoms with van der Waals surface area (Å²) in [6, 6.07) is 4.93. The van der Waals surface area contributed by atoms with E-state index in [1.54, 1.807) is 12.3 Å². The largest absolute Gasteiger partial charge is 0.455 e. The highest BCUT2D eigenvalue weighted by Gasteiger charge is 2.19. The first kappa shape index (κ1) is 14.9. The van der Waals surface area contributed by atoms with Crippen LogP contribution in [0, 0.1) is 6.92 Å². The van der Waals surface area contributed by atoms with Crippen molar-refractivity contribution in [1.29, 1.82) is 0 Å². The number of hydrogen-bond acceptors (Lipinski definition) is 6. The highest BCUT2D eigenvalue weighted by atomic mass is 16.5. The van der Waals surface area contributed by atoms with Crippen LogP contribution in [0.2, 0.25) is 0 Å². The fraction of sp³-hybridized carbons (Fsp3) is 0.267. The summed E-state index contributed by atoms with van der Waals surface area (Å²) >= 11 is 0. The van der Waals surface area contributed by atoms with Gasteiger partial charge in [-0.3, -0.25) is 14.0 Å². The number of hydrogen-bond donors (Lipinski definition) is 1. The number of nitrogens with one attached hydrogen (secondary N) is 1. The number of ether oxygens (including phenoxy) is 1. The summed E-state index contributed by atoms with van der Waals surface area (Å²) in [6.07, 6.45) is 2.06. The summed E-state index contributed by atoms with van der Waals surface area (Å²) in [5.41, 5.74) is 3.86. The smallest absolute Gasteiger partial charge is 0.354 e.